The van der Waals surface area contributed by atoms with Gasteiger partial charge in [0.05, 0.1) is 11.6 Å². The Hall–Kier alpha value is -2.61. The molecule has 31 heavy (non-hydrogen) atoms. The summed E-state index contributed by atoms with van der Waals surface area (Å²) in [6, 6.07) is 12.2. The molecule has 0 bridgehead atoms. The Morgan fingerprint density at radius 2 is 1.65 bits per heavy atom. The first-order valence-electron chi connectivity index (χ1n) is 10.6. The minimum Gasteiger partial charge on any atom is -0.486 e. The number of benzene rings is 2. The van der Waals surface area contributed by atoms with Crippen LogP contribution in [0.15, 0.2) is 40.9 Å². The number of fused-ring (bicyclic) bond motifs is 1. The Labute approximate surface area is 186 Å². The predicted octanol–water partition coefficient (Wildman–Crippen LogP) is 3.79. The number of ether oxygens (including phenoxy) is 2. The highest BCUT2D eigenvalue weighted by Crippen LogP contribution is 2.38. The average Bonchev–Trinajstić information content (AvgIpc) is 3.24. The van der Waals surface area contributed by atoms with E-state index >= 15 is 0 Å². The first-order chi connectivity index (χ1) is 15.1. The molecule has 7 nitrogen and oxygen atoms in total. The third-order valence-corrected chi connectivity index (χ3v) is 5.95. The highest BCUT2D eigenvalue weighted by atomic mass is 35.5. The summed E-state index contributed by atoms with van der Waals surface area (Å²) in [6.07, 6.45) is 0. The number of nitrogens with zero attached hydrogens (tertiary/aromatic N) is 4. The highest BCUT2D eigenvalue weighted by Gasteiger charge is 2.22. The SMILES string of the molecule is Cc1ccc(-c2noc(CN3CCN(Cc4cc(Cl)c5c(c4)OCCO5)CC3)n2)cc1. The number of piperazine rings is 1. The van der Waals surface area contributed by atoms with Crippen LogP contribution in [0.25, 0.3) is 11.4 Å². The molecule has 2 aliphatic heterocycles. The fourth-order valence-corrected chi connectivity index (χ4v) is 4.24. The van der Waals surface area contributed by atoms with E-state index in [2.05, 4.69) is 39.0 Å². The Bertz CT molecular complexity index is 1050. The smallest absolute Gasteiger partial charge is 0.241 e. The monoisotopic (exact) mass is 440 g/mol. The van der Waals surface area contributed by atoms with E-state index in [0.717, 1.165) is 49.6 Å². The zero-order valence-corrected chi connectivity index (χ0v) is 18.3. The number of rotatable bonds is 5. The van der Waals surface area contributed by atoms with E-state index in [1.165, 1.54) is 5.56 Å². The van der Waals surface area contributed by atoms with E-state index in [-0.39, 0.29) is 0 Å². The van der Waals surface area contributed by atoms with Crippen molar-refractivity contribution >= 4 is 11.6 Å². The number of aryl methyl sites for hydroxylation is 1. The summed E-state index contributed by atoms with van der Waals surface area (Å²) < 4.78 is 16.8. The van der Waals surface area contributed by atoms with Crippen LogP contribution >= 0.6 is 11.6 Å². The summed E-state index contributed by atoms with van der Waals surface area (Å²) in [6.45, 7) is 8.49. The van der Waals surface area contributed by atoms with Crippen LogP contribution in [0.4, 0.5) is 0 Å². The van der Waals surface area contributed by atoms with E-state index < -0.39 is 0 Å². The van der Waals surface area contributed by atoms with Crippen molar-refractivity contribution in [1.82, 2.24) is 19.9 Å². The van der Waals surface area contributed by atoms with Crippen molar-refractivity contribution in [2.75, 3.05) is 39.4 Å². The van der Waals surface area contributed by atoms with E-state index in [9.17, 15) is 0 Å². The van der Waals surface area contributed by atoms with Gasteiger partial charge >= 0.3 is 0 Å². The van der Waals surface area contributed by atoms with E-state index in [1.54, 1.807) is 0 Å². The lowest BCUT2D eigenvalue weighted by molar-refractivity contribution is 0.112. The second-order valence-corrected chi connectivity index (χ2v) is 8.44. The minimum absolute atomic E-state index is 0.542. The van der Waals surface area contributed by atoms with Crippen LogP contribution in [-0.2, 0) is 13.1 Å². The quantitative estimate of drug-likeness (QED) is 0.598. The fraction of sp³-hybridized carbons (Fsp3) is 0.391. The van der Waals surface area contributed by atoms with E-state index in [4.69, 9.17) is 25.6 Å². The number of hydrogen-bond acceptors (Lipinski definition) is 7. The molecule has 5 rings (SSSR count). The lowest BCUT2D eigenvalue weighted by Crippen LogP contribution is -2.45. The summed E-state index contributed by atoms with van der Waals surface area (Å²) >= 11 is 6.38. The predicted molar refractivity (Wildman–Crippen MR) is 117 cm³/mol. The van der Waals surface area contributed by atoms with Gasteiger partial charge in [0.1, 0.15) is 13.2 Å². The molecule has 0 aliphatic carbocycles. The van der Waals surface area contributed by atoms with Crippen LogP contribution in [0.2, 0.25) is 5.02 Å². The topological polar surface area (TPSA) is 63.9 Å². The van der Waals surface area contributed by atoms with Crippen molar-refractivity contribution in [1.29, 1.82) is 0 Å². The zero-order valence-electron chi connectivity index (χ0n) is 17.5. The van der Waals surface area contributed by atoms with Gasteiger partial charge in [0.15, 0.2) is 11.5 Å². The molecule has 1 aromatic heterocycles. The van der Waals surface area contributed by atoms with Gasteiger partial charge in [-0.15, -0.1) is 0 Å². The van der Waals surface area contributed by atoms with Gasteiger partial charge in [-0.25, -0.2) is 0 Å². The molecule has 0 radical (unpaired) electrons. The van der Waals surface area contributed by atoms with Crippen molar-refractivity contribution in [3.8, 4) is 22.9 Å². The molecular formula is C23H25ClN4O3. The molecule has 0 N–H and O–H groups in total. The van der Waals surface area contributed by atoms with Crippen LogP contribution in [0.1, 0.15) is 17.0 Å². The molecule has 2 aliphatic rings. The Kier molecular flexibility index (Phi) is 5.80. The van der Waals surface area contributed by atoms with E-state index in [0.29, 0.717) is 42.2 Å². The third-order valence-electron chi connectivity index (χ3n) is 5.66. The molecule has 1 fully saturated rings. The van der Waals surface area contributed by atoms with Gasteiger partial charge in [-0.2, -0.15) is 4.98 Å². The standard InChI is InChI=1S/C23H25ClN4O3/c1-16-2-4-18(5-3-16)23-25-21(31-26-23)15-28-8-6-27(7-9-28)14-17-12-19(24)22-20(13-17)29-10-11-30-22/h2-5,12-13H,6-11,14-15H2,1H3. The molecular weight excluding hydrogens is 416 g/mol. The lowest BCUT2D eigenvalue weighted by Gasteiger charge is -2.34. The summed E-state index contributed by atoms with van der Waals surface area (Å²) in [7, 11) is 0. The molecule has 162 valence electrons. The molecule has 1 saturated heterocycles. The highest BCUT2D eigenvalue weighted by molar-refractivity contribution is 6.32. The van der Waals surface area contributed by atoms with Gasteiger partial charge in [-0.05, 0) is 24.6 Å². The van der Waals surface area contributed by atoms with Gasteiger partial charge < -0.3 is 14.0 Å². The first kappa shape index (κ1) is 20.3. The molecule has 0 saturated carbocycles. The van der Waals surface area contributed by atoms with Gasteiger partial charge in [0, 0.05) is 38.3 Å². The van der Waals surface area contributed by atoms with Crippen LogP contribution in [0.3, 0.4) is 0 Å². The lowest BCUT2D eigenvalue weighted by atomic mass is 10.1. The van der Waals surface area contributed by atoms with Crippen molar-refractivity contribution in [2.45, 2.75) is 20.0 Å². The van der Waals surface area contributed by atoms with Gasteiger partial charge in [0.2, 0.25) is 11.7 Å². The fourth-order valence-electron chi connectivity index (χ4n) is 3.95. The Balaban J connectivity index is 1.15. The summed E-state index contributed by atoms with van der Waals surface area (Å²) in [4.78, 5) is 9.34. The average molecular weight is 441 g/mol. The number of halogens is 1. The molecule has 3 heterocycles. The maximum atomic E-state index is 6.38. The van der Waals surface area contributed by atoms with Crippen LogP contribution in [-0.4, -0.2) is 59.3 Å². The maximum absolute atomic E-state index is 6.38. The van der Waals surface area contributed by atoms with Crippen molar-refractivity contribution in [3.05, 3.63) is 58.4 Å². The summed E-state index contributed by atoms with van der Waals surface area (Å²) in [5.74, 6) is 2.70. The van der Waals surface area contributed by atoms with Crippen molar-refractivity contribution in [2.24, 2.45) is 0 Å². The van der Waals surface area contributed by atoms with Gasteiger partial charge in [-0.3, -0.25) is 9.80 Å². The Morgan fingerprint density at radius 1 is 0.935 bits per heavy atom. The maximum Gasteiger partial charge on any atom is 0.241 e. The third kappa shape index (κ3) is 4.69. The minimum atomic E-state index is 0.542. The molecule has 0 amide bonds. The number of aromatic nitrogens is 2. The first-order valence-corrected chi connectivity index (χ1v) is 10.9. The van der Waals surface area contributed by atoms with Crippen LogP contribution < -0.4 is 9.47 Å². The van der Waals surface area contributed by atoms with Crippen LogP contribution in [0, 0.1) is 6.92 Å². The van der Waals surface area contributed by atoms with E-state index in [1.807, 2.05) is 24.3 Å². The molecule has 3 aromatic rings. The number of hydrogen-bond donors (Lipinski definition) is 0. The molecule has 2 aromatic carbocycles. The summed E-state index contributed by atoms with van der Waals surface area (Å²) in [5.41, 5.74) is 3.33. The zero-order chi connectivity index (χ0) is 21.2. The molecule has 0 atom stereocenters. The molecule has 0 unspecified atom stereocenters. The molecule has 0 spiro atoms. The second kappa shape index (κ2) is 8.86. The van der Waals surface area contributed by atoms with Crippen LogP contribution in [0.5, 0.6) is 11.5 Å². The normalized spacial score (nSPS) is 17.1. The Morgan fingerprint density at radius 3 is 2.42 bits per heavy atom. The van der Waals surface area contributed by atoms with Gasteiger partial charge in [-0.1, -0.05) is 46.6 Å². The van der Waals surface area contributed by atoms with Crippen molar-refractivity contribution < 1.29 is 14.0 Å². The largest absolute Gasteiger partial charge is 0.486 e. The molecule has 8 heteroatoms. The second-order valence-electron chi connectivity index (χ2n) is 8.03. The van der Waals surface area contributed by atoms with Gasteiger partial charge in [0.25, 0.3) is 0 Å². The van der Waals surface area contributed by atoms with Crippen molar-refractivity contribution in [3.63, 3.8) is 0 Å². The summed E-state index contributed by atoms with van der Waals surface area (Å²) in [5, 5.41) is 4.76.